The molecule has 0 aliphatic rings. The lowest BCUT2D eigenvalue weighted by molar-refractivity contribution is 0.302. The van der Waals surface area contributed by atoms with Crippen molar-refractivity contribution in [3.05, 3.63) is 107 Å². The van der Waals surface area contributed by atoms with E-state index in [1.807, 2.05) is 78.9 Å². The van der Waals surface area contributed by atoms with E-state index in [1.165, 1.54) is 0 Å². The van der Waals surface area contributed by atoms with Crippen LogP contribution in [0.5, 0.6) is 5.75 Å². The summed E-state index contributed by atoms with van der Waals surface area (Å²) in [7, 11) is 0. The van der Waals surface area contributed by atoms with E-state index in [4.69, 9.17) is 31.9 Å². The third kappa shape index (κ3) is 5.20. The van der Waals surface area contributed by atoms with Crippen LogP contribution in [0, 0.1) is 10.8 Å². The van der Waals surface area contributed by atoms with Crippen LogP contribution in [0.4, 0.5) is 0 Å². The Bertz CT molecular complexity index is 1300. The minimum atomic E-state index is -0.136. The Morgan fingerprint density at radius 1 is 0.938 bits per heavy atom. The van der Waals surface area contributed by atoms with E-state index in [2.05, 4.69) is 4.98 Å². The number of nitrogens with one attached hydrogen (secondary N) is 2. The summed E-state index contributed by atoms with van der Waals surface area (Å²) in [6.45, 7) is 0.318. The normalized spacial score (nSPS) is 11.2. The molecule has 0 aliphatic carbocycles. The highest BCUT2D eigenvalue weighted by Crippen LogP contribution is 2.25. The number of halogens is 1. The van der Waals surface area contributed by atoms with Crippen molar-refractivity contribution < 1.29 is 9.47 Å². The number of benzene rings is 3. The van der Waals surface area contributed by atoms with Gasteiger partial charge in [-0.2, -0.15) is 0 Å². The molecule has 2 N–H and O–H groups in total. The second-order valence-electron chi connectivity index (χ2n) is 6.99. The molecule has 0 radical (unpaired) electrons. The summed E-state index contributed by atoms with van der Waals surface area (Å²) < 4.78 is 11.0. The van der Waals surface area contributed by atoms with Crippen molar-refractivity contribution in [2.24, 2.45) is 0 Å². The summed E-state index contributed by atoms with van der Waals surface area (Å²) in [5.41, 5.74) is 3.86. The van der Waals surface area contributed by atoms with Gasteiger partial charge in [0.1, 0.15) is 12.4 Å². The molecule has 32 heavy (non-hydrogen) atoms. The quantitative estimate of drug-likeness (QED) is 0.192. The zero-order valence-electron chi connectivity index (χ0n) is 17.1. The van der Waals surface area contributed by atoms with Crippen LogP contribution in [0.2, 0.25) is 5.02 Å². The molecule has 0 fully saturated rings. The van der Waals surface area contributed by atoms with Gasteiger partial charge >= 0.3 is 0 Å². The number of hydrogen-bond acceptors (Lipinski definition) is 5. The molecular formula is C26H20ClN3O2. The third-order valence-electron chi connectivity index (χ3n) is 4.79. The predicted octanol–water partition coefficient (Wildman–Crippen LogP) is 6.61. The first-order valence-electron chi connectivity index (χ1n) is 9.92. The van der Waals surface area contributed by atoms with Crippen molar-refractivity contribution in [1.82, 2.24) is 4.98 Å². The van der Waals surface area contributed by atoms with Gasteiger partial charge in [0.2, 0.25) is 5.90 Å². The van der Waals surface area contributed by atoms with Gasteiger partial charge in [0.25, 0.3) is 0 Å². The molecule has 0 bridgehead atoms. The Kier molecular flexibility index (Phi) is 6.58. The molecule has 0 saturated carbocycles. The highest BCUT2D eigenvalue weighted by Gasteiger charge is 2.11. The van der Waals surface area contributed by atoms with Gasteiger partial charge in [0, 0.05) is 16.0 Å². The number of rotatable bonds is 7. The highest BCUT2D eigenvalue weighted by atomic mass is 35.5. The number of pyridine rings is 1. The zero-order chi connectivity index (χ0) is 22.3. The summed E-state index contributed by atoms with van der Waals surface area (Å²) in [5, 5.41) is 17.1. The molecule has 1 aromatic heterocycles. The molecule has 0 saturated heterocycles. The van der Waals surface area contributed by atoms with E-state index in [9.17, 15) is 0 Å². The Hall–Kier alpha value is -3.96. The van der Waals surface area contributed by atoms with Crippen LogP contribution < -0.4 is 4.74 Å². The van der Waals surface area contributed by atoms with Crippen molar-refractivity contribution in [2.75, 3.05) is 0 Å². The van der Waals surface area contributed by atoms with Crippen molar-refractivity contribution in [3.63, 3.8) is 0 Å². The summed E-state index contributed by atoms with van der Waals surface area (Å²) in [6, 6.07) is 26.6. The molecule has 0 unspecified atom stereocenters. The van der Waals surface area contributed by atoms with E-state index in [0.29, 0.717) is 23.0 Å². The fourth-order valence-electron chi connectivity index (χ4n) is 3.23. The molecule has 0 spiro atoms. The van der Waals surface area contributed by atoms with Crippen LogP contribution in [0.1, 0.15) is 16.8 Å². The average Bonchev–Trinajstić information content (AvgIpc) is 2.82. The maximum atomic E-state index is 8.24. The lowest BCUT2D eigenvalue weighted by atomic mass is 10.0. The lowest BCUT2D eigenvalue weighted by Crippen LogP contribution is -2.05. The van der Waals surface area contributed by atoms with Crippen molar-refractivity contribution in [1.29, 1.82) is 10.8 Å². The maximum absolute atomic E-state index is 8.24. The van der Waals surface area contributed by atoms with Crippen molar-refractivity contribution in [2.45, 2.75) is 6.61 Å². The van der Waals surface area contributed by atoms with Crippen LogP contribution in [-0.2, 0) is 11.3 Å². The molecule has 0 amide bonds. The van der Waals surface area contributed by atoms with Gasteiger partial charge in [0.05, 0.1) is 11.2 Å². The van der Waals surface area contributed by atoms with E-state index < -0.39 is 0 Å². The monoisotopic (exact) mass is 441 g/mol. The summed E-state index contributed by atoms with van der Waals surface area (Å²) >= 11 is 5.98. The van der Waals surface area contributed by atoms with Gasteiger partial charge in [0.15, 0.2) is 6.40 Å². The molecular weight excluding hydrogens is 422 g/mol. The van der Waals surface area contributed by atoms with Crippen LogP contribution in [0.3, 0.4) is 0 Å². The number of para-hydroxylation sites is 1. The Morgan fingerprint density at radius 2 is 1.75 bits per heavy atom. The Morgan fingerprint density at radius 3 is 2.56 bits per heavy atom. The van der Waals surface area contributed by atoms with E-state index in [0.717, 1.165) is 34.1 Å². The maximum Gasteiger partial charge on any atom is 0.221 e. The third-order valence-corrected chi connectivity index (χ3v) is 5.04. The Labute approximate surface area is 190 Å². The predicted molar refractivity (Wildman–Crippen MR) is 129 cm³/mol. The second-order valence-corrected chi connectivity index (χ2v) is 7.42. The smallest absolute Gasteiger partial charge is 0.221 e. The molecule has 6 heteroatoms. The molecule has 4 rings (SSSR count). The topological polar surface area (TPSA) is 79.0 Å². The fraction of sp³-hybridized carbons (Fsp3) is 0.0385. The van der Waals surface area contributed by atoms with Gasteiger partial charge in [-0.15, -0.1) is 0 Å². The van der Waals surface area contributed by atoms with Crippen molar-refractivity contribution in [3.8, 4) is 5.75 Å². The number of nitrogens with zero attached hydrogens (tertiary/aromatic N) is 1. The number of ether oxygens (including phenoxy) is 2. The molecule has 1 heterocycles. The first-order valence-corrected chi connectivity index (χ1v) is 10.3. The summed E-state index contributed by atoms with van der Waals surface area (Å²) in [6.07, 6.45) is 2.55. The van der Waals surface area contributed by atoms with Crippen LogP contribution in [-0.4, -0.2) is 17.3 Å². The minimum Gasteiger partial charge on any atom is -0.487 e. The fourth-order valence-corrected chi connectivity index (χ4v) is 3.35. The summed E-state index contributed by atoms with van der Waals surface area (Å²) in [4.78, 5) is 4.64. The van der Waals surface area contributed by atoms with E-state index in [-0.39, 0.29) is 5.90 Å². The SMILES string of the molecule is N=COC(=N)/C(=C/c1ccc(Cl)cc1)c1cccc(OCc2ccc3ccccc3n2)c1. The number of fused-ring (bicyclic) bond motifs is 1. The largest absolute Gasteiger partial charge is 0.487 e. The average molecular weight is 442 g/mol. The summed E-state index contributed by atoms with van der Waals surface area (Å²) in [5.74, 6) is 0.505. The standard InChI is InChI=1S/C26H20ClN3O2/c27-21-11-8-18(9-12-21)14-24(26(29)32-17-28)20-5-3-6-23(15-20)31-16-22-13-10-19-4-1-2-7-25(19)30-22/h1-15,17,28-29H,16H2/b24-14+,28-17?,29-26?. The van der Waals surface area contributed by atoms with Crippen LogP contribution in [0.25, 0.3) is 22.6 Å². The molecule has 5 nitrogen and oxygen atoms in total. The molecule has 4 aromatic rings. The zero-order valence-corrected chi connectivity index (χ0v) is 17.8. The first-order chi connectivity index (χ1) is 15.6. The van der Waals surface area contributed by atoms with Gasteiger partial charge < -0.3 is 9.47 Å². The van der Waals surface area contributed by atoms with Crippen LogP contribution in [0.15, 0.2) is 84.9 Å². The van der Waals surface area contributed by atoms with E-state index in [1.54, 1.807) is 12.1 Å². The number of aromatic nitrogens is 1. The number of hydrogen-bond donors (Lipinski definition) is 2. The van der Waals surface area contributed by atoms with Crippen molar-refractivity contribution >= 4 is 46.5 Å². The molecule has 0 aliphatic heterocycles. The van der Waals surface area contributed by atoms with Gasteiger partial charge in [-0.25, -0.2) is 4.98 Å². The highest BCUT2D eigenvalue weighted by molar-refractivity contribution is 6.30. The lowest BCUT2D eigenvalue weighted by Gasteiger charge is -2.11. The second kappa shape index (κ2) is 9.90. The molecule has 3 aromatic carbocycles. The van der Waals surface area contributed by atoms with Gasteiger partial charge in [-0.1, -0.05) is 60.1 Å². The van der Waals surface area contributed by atoms with Crippen LogP contribution >= 0.6 is 11.6 Å². The Balaban J connectivity index is 1.58. The van der Waals surface area contributed by atoms with E-state index >= 15 is 0 Å². The molecule has 158 valence electrons. The van der Waals surface area contributed by atoms with Gasteiger partial charge in [-0.3, -0.25) is 10.8 Å². The first kappa shape index (κ1) is 21.3. The van der Waals surface area contributed by atoms with Gasteiger partial charge in [-0.05, 0) is 53.6 Å². The molecule has 0 atom stereocenters. The minimum absolute atomic E-state index is 0.136.